The van der Waals surface area contributed by atoms with Gasteiger partial charge in [-0.3, -0.25) is 4.79 Å². The van der Waals surface area contributed by atoms with E-state index in [1.54, 1.807) is 0 Å². The summed E-state index contributed by atoms with van der Waals surface area (Å²) in [6.07, 6.45) is 9.74. The molecule has 0 aromatic heterocycles. The molecular weight excluding hydrogens is 124 g/mol. The van der Waals surface area contributed by atoms with Crippen LogP contribution in [0.15, 0.2) is 11.1 Å². The Morgan fingerprint density at radius 2 is 1.70 bits per heavy atom. The highest BCUT2D eigenvalue weighted by atomic mass is 16.1. The highest BCUT2D eigenvalue weighted by Crippen LogP contribution is 2.20. The number of hydrogen-bond donors (Lipinski definition) is 0. The zero-order valence-electron chi connectivity index (χ0n) is 6.48. The van der Waals surface area contributed by atoms with Gasteiger partial charge in [-0.15, -0.1) is 12.8 Å². The van der Waals surface area contributed by atoms with Crippen LogP contribution in [0.25, 0.3) is 0 Å². The van der Waals surface area contributed by atoms with Crippen molar-refractivity contribution in [3.05, 3.63) is 11.1 Å². The average Bonchev–Trinajstić information content (AvgIpc) is 2.25. The molecule has 1 heteroatoms. The van der Waals surface area contributed by atoms with Crippen molar-refractivity contribution in [2.45, 2.75) is 26.7 Å². The van der Waals surface area contributed by atoms with Gasteiger partial charge in [0.2, 0.25) is 0 Å². The van der Waals surface area contributed by atoms with Crippen LogP contribution in [0.2, 0.25) is 0 Å². The Morgan fingerprint density at radius 3 is 1.80 bits per heavy atom. The van der Waals surface area contributed by atoms with Gasteiger partial charge in [0.05, 0.1) is 0 Å². The van der Waals surface area contributed by atoms with Crippen LogP contribution < -0.4 is 0 Å². The summed E-state index contributed by atoms with van der Waals surface area (Å²) in [7, 11) is 0. The first-order valence-electron chi connectivity index (χ1n) is 3.24. The molecule has 1 aliphatic rings. The Morgan fingerprint density at radius 1 is 1.20 bits per heavy atom. The van der Waals surface area contributed by atoms with Crippen LogP contribution in [-0.2, 0) is 4.79 Å². The van der Waals surface area contributed by atoms with Crippen LogP contribution in [0, 0.1) is 12.8 Å². The van der Waals surface area contributed by atoms with Gasteiger partial charge in [-0.1, -0.05) is 5.57 Å². The fraction of sp³-hybridized carbons (Fsp3) is 0.444. The first kappa shape index (κ1) is 8.97. The number of ketones is 1. The highest BCUT2D eigenvalue weighted by molar-refractivity contribution is 5.97. The van der Waals surface area contributed by atoms with Crippen LogP contribution in [0.1, 0.15) is 26.7 Å². The van der Waals surface area contributed by atoms with Crippen LogP contribution >= 0.6 is 0 Å². The Labute approximate surface area is 62.1 Å². The minimum Gasteiger partial charge on any atom is -0.295 e. The second-order valence-electron chi connectivity index (χ2n) is 2.33. The number of allylic oxidation sites excluding steroid dienone is 2. The van der Waals surface area contributed by atoms with Crippen LogP contribution in [0.4, 0.5) is 0 Å². The van der Waals surface area contributed by atoms with Crippen LogP contribution in [-0.4, -0.2) is 5.78 Å². The van der Waals surface area contributed by atoms with E-state index < -0.39 is 0 Å². The van der Waals surface area contributed by atoms with E-state index >= 15 is 0 Å². The van der Waals surface area contributed by atoms with Crippen molar-refractivity contribution < 1.29 is 4.79 Å². The van der Waals surface area contributed by atoms with Gasteiger partial charge in [-0.25, -0.2) is 0 Å². The topological polar surface area (TPSA) is 17.1 Å². The predicted octanol–water partition coefficient (Wildman–Crippen LogP) is 1.94. The molecule has 1 rings (SSSR count). The number of carbonyl (C=O) groups excluding carboxylic acids is 1. The molecule has 0 radical (unpaired) electrons. The van der Waals surface area contributed by atoms with E-state index in [0.29, 0.717) is 5.78 Å². The monoisotopic (exact) mass is 136 g/mol. The average molecular weight is 136 g/mol. The smallest absolute Gasteiger partial charge is 0.158 e. The number of terminal acetylenes is 1. The third-order valence-corrected chi connectivity index (χ3v) is 1.79. The van der Waals surface area contributed by atoms with Crippen molar-refractivity contribution >= 4 is 5.78 Å². The Bertz CT molecular complexity index is 184. The molecule has 0 aromatic rings. The molecule has 10 heavy (non-hydrogen) atoms. The minimum atomic E-state index is 0.336. The first-order chi connectivity index (χ1) is 4.72. The van der Waals surface area contributed by atoms with Gasteiger partial charge >= 0.3 is 0 Å². The molecule has 0 aliphatic heterocycles. The van der Waals surface area contributed by atoms with Gasteiger partial charge < -0.3 is 0 Å². The molecule has 0 N–H and O–H groups in total. The summed E-state index contributed by atoms with van der Waals surface area (Å²) >= 11 is 0. The summed E-state index contributed by atoms with van der Waals surface area (Å²) in [4.78, 5) is 10.7. The molecule has 0 fully saturated rings. The molecule has 0 bridgehead atoms. The van der Waals surface area contributed by atoms with E-state index in [0.717, 1.165) is 18.4 Å². The van der Waals surface area contributed by atoms with Gasteiger partial charge in [-0.2, -0.15) is 0 Å². The van der Waals surface area contributed by atoms with E-state index in [-0.39, 0.29) is 0 Å². The van der Waals surface area contributed by atoms with Crippen molar-refractivity contribution in [2.24, 2.45) is 0 Å². The highest BCUT2D eigenvalue weighted by Gasteiger charge is 2.14. The lowest BCUT2D eigenvalue weighted by molar-refractivity contribution is -0.114. The SMILES string of the molecule is C#C.CC1=C(C)C(=O)CC1. The lowest BCUT2D eigenvalue weighted by Crippen LogP contribution is -1.89. The quantitative estimate of drug-likeness (QED) is 0.465. The second-order valence-corrected chi connectivity index (χ2v) is 2.33. The number of Topliss-reactive ketones (excluding diaryl/α,β-unsaturated/α-hetero) is 1. The molecule has 0 atom stereocenters. The molecular formula is C9H12O. The summed E-state index contributed by atoms with van der Waals surface area (Å²) in [5.74, 6) is 0.336. The normalized spacial score (nSPS) is 16.6. The lowest BCUT2D eigenvalue weighted by Gasteiger charge is -1.86. The van der Waals surface area contributed by atoms with Gasteiger partial charge in [-0.05, 0) is 25.8 Å². The largest absolute Gasteiger partial charge is 0.295 e. The summed E-state index contributed by atoms with van der Waals surface area (Å²) in [5.41, 5.74) is 2.26. The maximum atomic E-state index is 10.7. The van der Waals surface area contributed by atoms with Gasteiger partial charge in [0.15, 0.2) is 5.78 Å². The van der Waals surface area contributed by atoms with Crippen molar-refractivity contribution in [1.29, 1.82) is 0 Å². The van der Waals surface area contributed by atoms with Crippen LogP contribution in [0.5, 0.6) is 0 Å². The van der Waals surface area contributed by atoms with Crippen molar-refractivity contribution in [2.75, 3.05) is 0 Å². The number of rotatable bonds is 0. The zero-order chi connectivity index (χ0) is 8.15. The molecule has 0 heterocycles. The van der Waals surface area contributed by atoms with E-state index in [1.165, 1.54) is 5.57 Å². The molecule has 1 aliphatic carbocycles. The maximum absolute atomic E-state index is 10.7. The van der Waals surface area contributed by atoms with Gasteiger partial charge in [0.25, 0.3) is 0 Å². The van der Waals surface area contributed by atoms with Crippen LogP contribution in [0.3, 0.4) is 0 Å². The molecule has 54 valence electrons. The fourth-order valence-corrected chi connectivity index (χ4v) is 0.914. The Balaban J connectivity index is 0.000000371. The molecule has 0 aromatic carbocycles. The van der Waals surface area contributed by atoms with E-state index in [2.05, 4.69) is 12.8 Å². The summed E-state index contributed by atoms with van der Waals surface area (Å²) in [6, 6.07) is 0. The number of hydrogen-bond acceptors (Lipinski definition) is 1. The van der Waals surface area contributed by atoms with E-state index in [9.17, 15) is 4.79 Å². The molecule has 0 spiro atoms. The van der Waals surface area contributed by atoms with Crippen molar-refractivity contribution in [1.82, 2.24) is 0 Å². The zero-order valence-corrected chi connectivity index (χ0v) is 6.48. The maximum Gasteiger partial charge on any atom is 0.158 e. The van der Waals surface area contributed by atoms with E-state index in [4.69, 9.17) is 0 Å². The molecule has 0 amide bonds. The second kappa shape index (κ2) is 3.90. The molecule has 1 nitrogen and oxygen atoms in total. The third-order valence-electron chi connectivity index (χ3n) is 1.79. The van der Waals surface area contributed by atoms with Crippen molar-refractivity contribution in [3.8, 4) is 12.8 Å². The summed E-state index contributed by atoms with van der Waals surface area (Å²) < 4.78 is 0. The minimum absolute atomic E-state index is 0.336. The standard InChI is InChI=1S/C7H10O.C2H2/c1-5-3-4-7(8)6(5)2;1-2/h3-4H2,1-2H3;1-2H. The molecule has 0 saturated heterocycles. The molecule has 0 saturated carbocycles. The predicted molar refractivity (Wildman–Crippen MR) is 42.5 cm³/mol. The molecule has 0 unspecified atom stereocenters. The lowest BCUT2D eigenvalue weighted by atomic mass is 10.2. The number of carbonyl (C=O) groups is 1. The third kappa shape index (κ3) is 1.73. The summed E-state index contributed by atoms with van der Waals surface area (Å²) in [6.45, 7) is 3.94. The van der Waals surface area contributed by atoms with Crippen molar-refractivity contribution in [3.63, 3.8) is 0 Å². The van der Waals surface area contributed by atoms with Gasteiger partial charge in [0, 0.05) is 6.42 Å². The van der Waals surface area contributed by atoms with E-state index in [1.807, 2.05) is 13.8 Å². The Hall–Kier alpha value is -1.03. The van der Waals surface area contributed by atoms with Gasteiger partial charge in [0.1, 0.15) is 0 Å². The first-order valence-corrected chi connectivity index (χ1v) is 3.24. The fourth-order valence-electron chi connectivity index (χ4n) is 0.914. The Kier molecular flexibility index (Phi) is 3.49. The summed E-state index contributed by atoms with van der Waals surface area (Å²) in [5, 5.41) is 0.